The first kappa shape index (κ1) is 14.8. The Kier molecular flexibility index (Phi) is 5.36. The monoisotopic (exact) mass is 271 g/mol. The molecule has 2 rings (SSSR count). The topological polar surface area (TPSA) is 29.9 Å². The van der Waals surface area contributed by atoms with Crippen LogP contribution in [0.4, 0.5) is 0 Å². The van der Waals surface area contributed by atoms with Crippen molar-refractivity contribution < 1.29 is 0 Å². The summed E-state index contributed by atoms with van der Waals surface area (Å²) in [5, 5.41) is 8.13. The lowest BCUT2D eigenvalue weighted by atomic mass is 10.0. The molecule has 1 aromatic carbocycles. The van der Waals surface area contributed by atoms with E-state index < -0.39 is 0 Å². The SMILES string of the molecule is CCCNC(Cc1ccc(C)cc1)Cc1ccn(C)n1. The third kappa shape index (κ3) is 4.49. The molecule has 1 atom stereocenters. The molecule has 0 radical (unpaired) electrons. The second-order valence-corrected chi connectivity index (χ2v) is 5.53. The first-order valence-electron chi connectivity index (χ1n) is 7.45. The third-order valence-corrected chi connectivity index (χ3v) is 3.51. The minimum Gasteiger partial charge on any atom is -0.313 e. The maximum atomic E-state index is 4.49. The van der Waals surface area contributed by atoms with E-state index in [1.807, 2.05) is 17.9 Å². The molecule has 0 aliphatic heterocycles. The van der Waals surface area contributed by atoms with Gasteiger partial charge in [-0.05, 0) is 37.9 Å². The molecule has 0 aliphatic rings. The summed E-state index contributed by atoms with van der Waals surface area (Å²) in [6.45, 7) is 5.39. The van der Waals surface area contributed by atoms with E-state index in [4.69, 9.17) is 0 Å². The number of hydrogen-bond acceptors (Lipinski definition) is 2. The fraction of sp³-hybridized carbons (Fsp3) is 0.471. The number of benzene rings is 1. The number of aromatic nitrogens is 2. The standard InChI is InChI=1S/C17H25N3/c1-4-10-18-17(13-16-9-11-20(3)19-16)12-15-7-5-14(2)6-8-15/h5-9,11,17-18H,4,10,12-13H2,1-3H3. The second kappa shape index (κ2) is 7.25. The fourth-order valence-corrected chi connectivity index (χ4v) is 2.40. The molecule has 1 unspecified atom stereocenters. The lowest BCUT2D eigenvalue weighted by Gasteiger charge is -2.18. The maximum Gasteiger partial charge on any atom is 0.0640 e. The van der Waals surface area contributed by atoms with Crippen molar-refractivity contribution >= 4 is 0 Å². The van der Waals surface area contributed by atoms with Crippen molar-refractivity contribution in [1.82, 2.24) is 15.1 Å². The van der Waals surface area contributed by atoms with Crippen LogP contribution in [0.25, 0.3) is 0 Å². The van der Waals surface area contributed by atoms with Gasteiger partial charge in [0.2, 0.25) is 0 Å². The summed E-state index contributed by atoms with van der Waals surface area (Å²) in [4.78, 5) is 0. The van der Waals surface area contributed by atoms with E-state index in [0.717, 1.165) is 31.5 Å². The van der Waals surface area contributed by atoms with Crippen molar-refractivity contribution in [2.45, 2.75) is 39.2 Å². The van der Waals surface area contributed by atoms with Crippen molar-refractivity contribution in [3.63, 3.8) is 0 Å². The number of aryl methyl sites for hydroxylation is 2. The first-order chi connectivity index (χ1) is 9.67. The van der Waals surface area contributed by atoms with Gasteiger partial charge in [0, 0.05) is 25.7 Å². The van der Waals surface area contributed by atoms with Crippen LogP contribution in [0.2, 0.25) is 0 Å². The molecular weight excluding hydrogens is 246 g/mol. The number of nitrogens with zero attached hydrogens (tertiary/aromatic N) is 2. The van der Waals surface area contributed by atoms with E-state index in [1.54, 1.807) is 0 Å². The van der Waals surface area contributed by atoms with Crippen molar-refractivity contribution in [3.8, 4) is 0 Å². The molecule has 2 aromatic rings. The Bertz CT molecular complexity index is 513. The van der Waals surface area contributed by atoms with Gasteiger partial charge in [0.15, 0.2) is 0 Å². The largest absolute Gasteiger partial charge is 0.313 e. The summed E-state index contributed by atoms with van der Waals surface area (Å²) in [6, 6.07) is 11.4. The molecule has 0 saturated heterocycles. The maximum absolute atomic E-state index is 4.49. The van der Waals surface area contributed by atoms with Gasteiger partial charge in [-0.1, -0.05) is 36.8 Å². The summed E-state index contributed by atoms with van der Waals surface area (Å²) in [5.41, 5.74) is 3.87. The van der Waals surface area contributed by atoms with Gasteiger partial charge in [0.25, 0.3) is 0 Å². The quantitative estimate of drug-likeness (QED) is 0.839. The minimum atomic E-state index is 0.451. The molecule has 3 nitrogen and oxygen atoms in total. The molecule has 0 amide bonds. The van der Waals surface area contributed by atoms with Crippen LogP contribution in [-0.4, -0.2) is 22.4 Å². The van der Waals surface area contributed by atoms with E-state index >= 15 is 0 Å². The average Bonchev–Trinajstić information content (AvgIpc) is 2.84. The van der Waals surface area contributed by atoms with Gasteiger partial charge in [0.05, 0.1) is 5.69 Å². The summed E-state index contributed by atoms with van der Waals surface area (Å²) < 4.78 is 1.87. The van der Waals surface area contributed by atoms with Crippen molar-refractivity contribution in [1.29, 1.82) is 0 Å². The molecule has 0 saturated carbocycles. The predicted molar refractivity (Wildman–Crippen MR) is 83.9 cm³/mol. The van der Waals surface area contributed by atoms with Crippen LogP contribution in [0.15, 0.2) is 36.5 Å². The molecule has 1 N–H and O–H groups in total. The van der Waals surface area contributed by atoms with E-state index in [1.165, 1.54) is 11.1 Å². The van der Waals surface area contributed by atoms with Gasteiger partial charge in [-0.2, -0.15) is 5.10 Å². The predicted octanol–water partition coefficient (Wildman–Crippen LogP) is 2.88. The van der Waals surface area contributed by atoms with Crippen LogP contribution in [0.5, 0.6) is 0 Å². The fourth-order valence-electron chi connectivity index (χ4n) is 2.40. The molecule has 0 aliphatic carbocycles. The van der Waals surface area contributed by atoms with Crippen LogP contribution < -0.4 is 5.32 Å². The highest BCUT2D eigenvalue weighted by Crippen LogP contribution is 2.09. The highest BCUT2D eigenvalue weighted by atomic mass is 15.2. The summed E-state index contributed by atoms with van der Waals surface area (Å²) in [6.07, 6.45) is 5.20. The van der Waals surface area contributed by atoms with Crippen LogP contribution >= 0.6 is 0 Å². The van der Waals surface area contributed by atoms with Gasteiger partial charge in [0.1, 0.15) is 0 Å². The smallest absolute Gasteiger partial charge is 0.0640 e. The van der Waals surface area contributed by atoms with E-state index in [9.17, 15) is 0 Å². The zero-order valence-corrected chi connectivity index (χ0v) is 12.8. The van der Waals surface area contributed by atoms with Crippen molar-refractivity contribution in [2.24, 2.45) is 7.05 Å². The van der Waals surface area contributed by atoms with Gasteiger partial charge < -0.3 is 5.32 Å². The highest BCUT2D eigenvalue weighted by Gasteiger charge is 2.11. The summed E-state index contributed by atoms with van der Waals surface area (Å²) >= 11 is 0. The third-order valence-electron chi connectivity index (χ3n) is 3.51. The lowest BCUT2D eigenvalue weighted by Crippen LogP contribution is -2.34. The Balaban J connectivity index is 2.00. The molecule has 0 fully saturated rings. The molecule has 3 heteroatoms. The summed E-state index contributed by atoms with van der Waals surface area (Å²) in [7, 11) is 1.97. The van der Waals surface area contributed by atoms with E-state index in [0.29, 0.717) is 6.04 Å². The van der Waals surface area contributed by atoms with Gasteiger partial charge in [-0.25, -0.2) is 0 Å². The van der Waals surface area contributed by atoms with Crippen LogP contribution in [0.3, 0.4) is 0 Å². The normalized spacial score (nSPS) is 12.6. The average molecular weight is 271 g/mol. The number of rotatable bonds is 7. The van der Waals surface area contributed by atoms with E-state index in [2.05, 4.69) is 54.6 Å². The van der Waals surface area contributed by atoms with Crippen LogP contribution in [-0.2, 0) is 19.9 Å². The molecule has 1 heterocycles. The highest BCUT2D eigenvalue weighted by molar-refractivity contribution is 5.22. The first-order valence-corrected chi connectivity index (χ1v) is 7.45. The zero-order valence-electron chi connectivity index (χ0n) is 12.8. The second-order valence-electron chi connectivity index (χ2n) is 5.53. The molecule has 1 aromatic heterocycles. The van der Waals surface area contributed by atoms with Crippen molar-refractivity contribution in [2.75, 3.05) is 6.54 Å². The Morgan fingerprint density at radius 2 is 1.90 bits per heavy atom. The number of hydrogen-bond donors (Lipinski definition) is 1. The lowest BCUT2D eigenvalue weighted by molar-refractivity contribution is 0.498. The molecule has 20 heavy (non-hydrogen) atoms. The molecule has 0 spiro atoms. The van der Waals surface area contributed by atoms with Crippen molar-refractivity contribution in [3.05, 3.63) is 53.3 Å². The minimum absolute atomic E-state index is 0.451. The van der Waals surface area contributed by atoms with Crippen LogP contribution in [0.1, 0.15) is 30.2 Å². The van der Waals surface area contributed by atoms with Gasteiger partial charge >= 0.3 is 0 Å². The van der Waals surface area contributed by atoms with Gasteiger partial charge in [-0.15, -0.1) is 0 Å². The number of nitrogens with one attached hydrogen (secondary N) is 1. The Morgan fingerprint density at radius 3 is 2.50 bits per heavy atom. The Morgan fingerprint density at radius 1 is 1.15 bits per heavy atom. The molecular formula is C17H25N3. The molecule has 108 valence electrons. The summed E-state index contributed by atoms with van der Waals surface area (Å²) in [5.74, 6) is 0. The Labute approximate surface area is 122 Å². The zero-order chi connectivity index (χ0) is 14.4. The molecule has 0 bridgehead atoms. The van der Waals surface area contributed by atoms with E-state index in [-0.39, 0.29) is 0 Å². The van der Waals surface area contributed by atoms with Crippen LogP contribution in [0, 0.1) is 6.92 Å². The Hall–Kier alpha value is -1.61. The van der Waals surface area contributed by atoms with Gasteiger partial charge in [-0.3, -0.25) is 4.68 Å².